The van der Waals surface area contributed by atoms with Crippen molar-refractivity contribution in [3.05, 3.63) is 105 Å². The molecule has 10 heteroatoms. The lowest BCUT2D eigenvalue weighted by atomic mass is 10.1. The van der Waals surface area contributed by atoms with Gasteiger partial charge in [-0.1, -0.05) is 18.2 Å². The van der Waals surface area contributed by atoms with Gasteiger partial charge in [0.1, 0.15) is 12.4 Å². The van der Waals surface area contributed by atoms with Crippen LogP contribution in [0, 0.1) is 20.6 Å². The summed E-state index contributed by atoms with van der Waals surface area (Å²) in [4.78, 5) is 27.4. The SMILES string of the molecule is Cc1c(C2=N/C(=C\c3cc(Br)c(OCc4ccc(I)cc4)c(Br)c3)C(=O)O2)cccc1[N+](=O)[O-]. The van der Waals surface area contributed by atoms with Gasteiger partial charge in [-0.15, -0.1) is 0 Å². The Morgan fingerprint density at radius 2 is 1.82 bits per heavy atom. The van der Waals surface area contributed by atoms with Crippen LogP contribution in [-0.2, 0) is 16.1 Å². The highest BCUT2D eigenvalue weighted by Gasteiger charge is 2.27. The Morgan fingerprint density at radius 3 is 2.47 bits per heavy atom. The first kappa shape index (κ1) is 24.6. The molecule has 0 radical (unpaired) electrons. The van der Waals surface area contributed by atoms with Crippen LogP contribution < -0.4 is 4.74 Å². The minimum absolute atomic E-state index is 0.0352. The second-order valence-corrected chi connectivity index (χ2v) is 10.2. The van der Waals surface area contributed by atoms with Gasteiger partial charge in [-0.2, -0.15) is 0 Å². The van der Waals surface area contributed by atoms with Gasteiger partial charge in [-0.3, -0.25) is 10.1 Å². The van der Waals surface area contributed by atoms with Gasteiger partial charge in [-0.05, 0) is 109 Å². The molecule has 4 rings (SSSR count). The summed E-state index contributed by atoms with van der Waals surface area (Å²) in [5, 5.41) is 11.2. The molecule has 0 fully saturated rings. The van der Waals surface area contributed by atoms with Crippen molar-refractivity contribution in [2.75, 3.05) is 0 Å². The molecular formula is C24H15Br2IN2O5. The van der Waals surface area contributed by atoms with Crippen LogP contribution in [0.4, 0.5) is 5.69 Å². The fourth-order valence-corrected chi connectivity index (χ4v) is 5.08. The van der Waals surface area contributed by atoms with Gasteiger partial charge in [0.15, 0.2) is 5.70 Å². The summed E-state index contributed by atoms with van der Waals surface area (Å²) in [6, 6.07) is 16.2. The van der Waals surface area contributed by atoms with Crippen LogP contribution in [0.3, 0.4) is 0 Å². The Hall–Kier alpha value is -2.57. The third kappa shape index (κ3) is 5.39. The van der Waals surface area contributed by atoms with Crippen molar-refractivity contribution in [1.82, 2.24) is 0 Å². The first-order valence-corrected chi connectivity index (χ1v) is 12.5. The number of ether oxygens (including phenoxy) is 2. The molecule has 172 valence electrons. The van der Waals surface area contributed by atoms with Crippen LogP contribution in [0.5, 0.6) is 5.75 Å². The van der Waals surface area contributed by atoms with Gasteiger partial charge in [0.2, 0.25) is 5.90 Å². The monoisotopic (exact) mass is 696 g/mol. The number of cyclic esters (lactones) is 1. The number of halogens is 3. The Labute approximate surface area is 225 Å². The number of esters is 1. The molecule has 0 N–H and O–H groups in total. The van der Waals surface area contributed by atoms with Gasteiger partial charge >= 0.3 is 5.97 Å². The van der Waals surface area contributed by atoms with Crippen LogP contribution >= 0.6 is 54.5 Å². The minimum Gasteiger partial charge on any atom is -0.487 e. The zero-order valence-corrected chi connectivity index (χ0v) is 22.9. The Bertz CT molecular complexity index is 1350. The average molecular weight is 698 g/mol. The van der Waals surface area contributed by atoms with Crippen LogP contribution in [0.2, 0.25) is 0 Å². The second kappa shape index (κ2) is 10.4. The van der Waals surface area contributed by atoms with Crippen LogP contribution in [0.25, 0.3) is 6.08 Å². The predicted octanol–water partition coefficient (Wildman–Crippen LogP) is 6.96. The molecule has 0 saturated carbocycles. The Kier molecular flexibility index (Phi) is 7.48. The zero-order valence-electron chi connectivity index (χ0n) is 17.6. The van der Waals surface area contributed by atoms with Gasteiger partial charge in [0.25, 0.3) is 5.69 Å². The van der Waals surface area contributed by atoms with E-state index in [1.807, 2.05) is 24.3 Å². The minimum atomic E-state index is -0.632. The summed E-state index contributed by atoms with van der Waals surface area (Å²) in [5.74, 6) is 0.0337. The molecule has 3 aromatic carbocycles. The smallest absolute Gasteiger partial charge is 0.363 e. The number of nitrogens with zero attached hydrogens (tertiary/aromatic N) is 2. The summed E-state index contributed by atoms with van der Waals surface area (Å²) in [7, 11) is 0. The third-order valence-electron chi connectivity index (χ3n) is 4.97. The lowest BCUT2D eigenvalue weighted by Crippen LogP contribution is -2.08. The standard InChI is InChI=1S/C24H15Br2IN2O5/c1-13-17(3-2-4-21(13)29(31)32)23-28-20(24(30)34-23)11-15-9-18(25)22(19(26)10-15)33-12-14-5-7-16(27)8-6-14/h2-11H,12H2,1H3/b20-11-. The van der Waals surface area contributed by atoms with E-state index in [9.17, 15) is 14.9 Å². The van der Waals surface area contributed by atoms with E-state index >= 15 is 0 Å². The first-order valence-electron chi connectivity index (χ1n) is 9.86. The normalized spacial score (nSPS) is 14.2. The van der Waals surface area contributed by atoms with E-state index in [2.05, 4.69) is 59.4 Å². The summed E-state index contributed by atoms with van der Waals surface area (Å²) in [6.07, 6.45) is 1.58. The molecule has 0 unspecified atom stereocenters. The fourth-order valence-electron chi connectivity index (χ4n) is 3.27. The lowest BCUT2D eigenvalue weighted by Gasteiger charge is -2.11. The zero-order chi connectivity index (χ0) is 24.4. The largest absolute Gasteiger partial charge is 0.487 e. The molecule has 1 aliphatic heterocycles. The van der Waals surface area contributed by atoms with Crippen LogP contribution in [0.15, 0.2) is 74.2 Å². The number of rotatable bonds is 6. The molecule has 1 aliphatic rings. The number of aliphatic imine (C=N–C) groups is 1. The van der Waals surface area contributed by atoms with E-state index in [0.717, 1.165) is 9.13 Å². The van der Waals surface area contributed by atoms with Gasteiger partial charge in [-0.25, -0.2) is 9.79 Å². The molecule has 0 spiro atoms. The van der Waals surface area contributed by atoms with E-state index < -0.39 is 10.9 Å². The lowest BCUT2D eigenvalue weighted by molar-refractivity contribution is -0.385. The molecular weight excluding hydrogens is 683 g/mol. The van der Waals surface area contributed by atoms with Crippen molar-refractivity contribution in [1.29, 1.82) is 0 Å². The maximum Gasteiger partial charge on any atom is 0.363 e. The summed E-state index contributed by atoms with van der Waals surface area (Å²) in [6.45, 7) is 1.99. The summed E-state index contributed by atoms with van der Waals surface area (Å²) >= 11 is 9.30. The molecule has 0 bridgehead atoms. The molecule has 0 aromatic heterocycles. The predicted molar refractivity (Wildman–Crippen MR) is 144 cm³/mol. The van der Waals surface area contributed by atoms with Crippen molar-refractivity contribution < 1.29 is 19.2 Å². The van der Waals surface area contributed by atoms with Gasteiger partial charge < -0.3 is 9.47 Å². The number of nitro benzene ring substituents is 1. The maximum atomic E-state index is 12.4. The quantitative estimate of drug-likeness (QED) is 0.0914. The molecule has 0 amide bonds. The Balaban J connectivity index is 1.58. The number of carbonyl (C=O) groups is 1. The Morgan fingerprint density at radius 1 is 1.15 bits per heavy atom. The first-order chi connectivity index (χ1) is 16.2. The highest BCUT2D eigenvalue weighted by atomic mass is 127. The van der Waals surface area contributed by atoms with Crippen molar-refractivity contribution in [2.45, 2.75) is 13.5 Å². The molecule has 3 aromatic rings. The van der Waals surface area contributed by atoms with E-state index in [-0.39, 0.29) is 17.3 Å². The summed E-state index contributed by atoms with van der Waals surface area (Å²) < 4.78 is 13.8. The van der Waals surface area contributed by atoms with E-state index in [1.54, 1.807) is 31.2 Å². The third-order valence-corrected chi connectivity index (χ3v) is 6.87. The average Bonchev–Trinajstić information content (AvgIpc) is 3.14. The van der Waals surface area contributed by atoms with Crippen molar-refractivity contribution in [2.24, 2.45) is 4.99 Å². The number of hydrogen-bond acceptors (Lipinski definition) is 6. The number of benzene rings is 3. The van der Waals surface area contributed by atoms with Crippen molar-refractivity contribution in [3.8, 4) is 5.75 Å². The molecule has 0 saturated heterocycles. The molecule has 0 aliphatic carbocycles. The van der Waals surface area contributed by atoms with Gasteiger partial charge in [0, 0.05) is 20.8 Å². The van der Waals surface area contributed by atoms with Gasteiger partial charge in [0.05, 0.1) is 13.9 Å². The number of nitro groups is 1. The van der Waals surface area contributed by atoms with Crippen LogP contribution in [-0.4, -0.2) is 16.8 Å². The number of carbonyl (C=O) groups excluding carboxylic acids is 1. The fraction of sp³-hybridized carbons (Fsp3) is 0.0833. The van der Waals surface area contributed by atoms with E-state index in [1.165, 1.54) is 12.1 Å². The van der Waals surface area contributed by atoms with Crippen LogP contribution in [0.1, 0.15) is 22.3 Å². The second-order valence-electron chi connectivity index (χ2n) is 7.27. The molecule has 1 heterocycles. The van der Waals surface area contributed by atoms with Crippen molar-refractivity contribution >= 4 is 78.1 Å². The van der Waals surface area contributed by atoms with E-state index in [4.69, 9.17) is 9.47 Å². The maximum absolute atomic E-state index is 12.4. The molecule has 0 atom stereocenters. The van der Waals surface area contributed by atoms with E-state index in [0.29, 0.717) is 38.0 Å². The highest BCUT2D eigenvalue weighted by Crippen LogP contribution is 2.36. The number of hydrogen-bond donors (Lipinski definition) is 0. The molecule has 7 nitrogen and oxygen atoms in total. The highest BCUT2D eigenvalue weighted by molar-refractivity contribution is 14.1. The topological polar surface area (TPSA) is 91.0 Å². The molecule has 34 heavy (non-hydrogen) atoms. The van der Waals surface area contributed by atoms with Crippen molar-refractivity contribution in [3.63, 3.8) is 0 Å². The summed E-state index contributed by atoms with van der Waals surface area (Å²) in [5.41, 5.74) is 2.52.